The predicted molar refractivity (Wildman–Crippen MR) is 101 cm³/mol. The van der Waals surface area contributed by atoms with Gasteiger partial charge < -0.3 is 15.7 Å². The van der Waals surface area contributed by atoms with Gasteiger partial charge in [0.1, 0.15) is 0 Å². The van der Waals surface area contributed by atoms with Gasteiger partial charge in [-0.3, -0.25) is 4.79 Å². The van der Waals surface area contributed by atoms with Crippen LogP contribution in [0.3, 0.4) is 0 Å². The summed E-state index contributed by atoms with van der Waals surface area (Å²) in [5.74, 6) is 1.63. The number of benzene rings is 1. The van der Waals surface area contributed by atoms with Crippen molar-refractivity contribution in [3.8, 4) is 0 Å². The van der Waals surface area contributed by atoms with Crippen molar-refractivity contribution in [3.05, 3.63) is 35.9 Å². The second-order valence-corrected chi connectivity index (χ2v) is 7.55. The van der Waals surface area contributed by atoms with E-state index in [1.807, 2.05) is 32.0 Å². The summed E-state index contributed by atoms with van der Waals surface area (Å²) in [6.45, 7) is 4.87. The molecule has 0 unspecified atom stereocenters. The second-order valence-electron chi connectivity index (χ2n) is 6.52. The van der Waals surface area contributed by atoms with Crippen LogP contribution in [0.1, 0.15) is 45.1 Å². The number of hydrogen-bond acceptors (Lipinski definition) is 4. The number of thioether (sulfide) groups is 1. The molecule has 0 radical (unpaired) electrons. The zero-order valence-corrected chi connectivity index (χ0v) is 15.6. The van der Waals surface area contributed by atoms with Crippen molar-refractivity contribution in [2.24, 2.45) is 0 Å². The van der Waals surface area contributed by atoms with E-state index in [2.05, 4.69) is 22.8 Å². The minimum Gasteiger partial charge on any atom is -0.388 e. The molecule has 1 fully saturated rings. The lowest BCUT2D eigenvalue weighted by molar-refractivity contribution is -0.125. The minimum atomic E-state index is -0.849. The van der Waals surface area contributed by atoms with Crippen LogP contribution in [-0.4, -0.2) is 41.0 Å². The molecular formula is C19H30N2O2S. The molecule has 1 aromatic rings. The normalized spacial score (nSPS) is 19.2. The Hall–Kier alpha value is -1.04. The van der Waals surface area contributed by atoms with E-state index >= 15 is 0 Å². The van der Waals surface area contributed by atoms with Crippen LogP contribution in [0, 0.1) is 0 Å². The molecule has 0 aliphatic carbocycles. The van der Waals surface area contributed by atoms with Crippen molar-refractivity contribution in [2.75, 3.05) is 12.3 Å². The van der Waals surface area contributed by atoms with Crippen LogP contribution in [0.25, 0.3) is 0 Å². The average molecular weight is 351 g/mol. The highest BCUT2D eigenvalue weighted by atomic mass is 32.2. The van der Waals surface area contributed by atoms with E-state index in [0.717, 1.165) is 25.1 Å². The maximum absolute atomic E-state index is 12.5. The van der Waals surface area contributed by atoms with E-state index in [1.165, 1.54) is 5.56 Å². The Morgan fingerprint density at radius 2 is 2.08 bits per heavy atom. The number of nitrogens with one attached hydrogen (secondary N) is 2. The topological polar surface area (TPSA) is 61.4 Å². The molecule has 2 rings (SSSR count). The average Bonchev–Trinajstić information content (AvgIpc) is 3.16. The predicted octanol–water partition coefficient (Wildman–Crippen LogP) is 2.71. The molecule has 1 aliphatic rings. The van der Waals surface area contributed by atoms with Gasteiger partial charge in [-0.15, -0.1) is 0 Å². The van der Waals surface area contributed by atoms with E-state index in [1.54, 1.807) is 11.8 Å². The smallest absolute Gasteiger partial charge is 0.237 e. The van der Waals surface area contributed by atoms with Crippen LogP contribution in [0.15, 0.2) is 30.3 Å². The van der Waals surface area contributed by atoms with Gasteiger partial charge in [0.25, 0.3) is 0 Å². The molecule has 2 atom stereocenters. The van der Waals surface area contributed by atoms with Crippen LogP contribution in [0.4, 0.5) is 0 Å². The molecule has 5 heteroatoms. The zero-order chi connectivity index (χ0) is 17.4. The van der Waals surface area contributed by atoms with Gasteiger partial charge in [0.2, 0.25) is 5.91 Å². The van der Waals surface area contributed by atoms with Crippen molar-refractivity contribution >= 4 is 17.7 Å². The van der Waals surface area contributed by atoms with Crippen LogP contribution < -0.4 is 10.6 Å². The Kier molecular flexibility index (Phi) is 7.59. The summed E-state index contributed by atoms with van der Waals surface area (Å²) in [5, 5.41) is 17.3. The van der Waals surface area contributed by atoms with Gasteiger partial charge in [-0.2, -0.15) is 11.8 Å². The Bertz CT molecular complexity index is 499. The summed E-state index contributed by atoms with van der Waals surface area (Å²) >= 11 is 1.76. The van der Waals surface area contributed by atoms with E-state index in [9.17, 15) is 9.90 Å². The van der Waals surface area contributed by atoms with Gasteiger partial charge >= 0.3 is 0 Å². The summed E-state index contributed by atoms with van der Waals surface area (Å²) in [5.41, 5.74) is 0.416. The van der Waals surface area contributed by atoms with Crippen LogP contribution in [-0.2, 0) is 10.5 Å². The fourth-order valence-corrected chi connectivity index (χ4v) is 4.30. The molecular weight excluding hydrogens is 320 g/mol. The summed E-state index contributed by atoms with van der Waals surface area (Å²) in [4.78, 5) is 12.5. The molecule has 1 aliphatic heterocycles. The largest absolute Gasteiger partial charge is 0.388 e. The zero-order valence-electron chi connectivity index (χ0n) is 14.8. The number of hydrogen-bond donors (Lipinski definition) is 3. The van der Waals surface area contributed by atoms with E-state index in [0.29, 0.717) is 18.6 Å². The molecule has 24 heavy (non-hydrogen) atoms. The highest BCUT2D eigenvalue weighted by Gasteiger charge is 2.36. The second kappa shape index (κ2) is 9.44. The Morgan fingerprint density at radius 1 is 1.38 bits per heavy atom. The van der Waals surface area contributed by atoms with Crippen LogP contribution in [0.5, 0.6) is 0 Å². The number of aliphatic hydroxyl groups is 1. The summed E-state index contributed by atoms with van der Waals surface area (Å²) in [7, 11) is 0. The number of carbonyl (C=O) groups excluding carboxylic acids is 1. The molecule has 3 N–H and O–H groups in total. The van der Waals surface area contributed by atoms with Gasteiger partial charge in [0.05, 0.1) is 17.7 Å². The fourth-order valence-electron chi connectivity index (χ4n) is 3.12. The molecule has 1 saturated heterocycles. The maximum Gasteiger partial charge on any atom is 0.237 e. The van der Waals surface area contributed by atoms with Crippen molar-refractivity contribution in [1.82, 2.24) is 10.6 Å². The van der Waals surface area contributed by atoms with Crippen LogP contribution in [0.2, 0.25) is 0 Å². The number of rotatable bonds is 9. The van der Waals surface area contributed by atoms with Gasteiger partial charge in [-0.05, 0) is 37.8 Å². The molecule has 1 heterocycles. The lowest BCUT2D eigenvalue weighted by atomic mass is 9.89. The first kappa shape index (κ1) is 19.3. The Morgan fingerprint density at radius 3 is 2.67 bits per heavy atom. The van der Waals surface area contributed by atoms with Gasteiger partial charge in [-0.1, -0.05) is 44.2 Å². The lowest BCUT2D eigenvalue weighted by Gasteiger charge is -2.36. The van der Waals surface area contributed by atoms with E-state index in [4.69, 9.17) is 0 Å². The summed E-state index contributed by atoms with van der Waals surface area (Å²) in [6, 6.07) is 9.97. The number of amides is 1. The van der Waals surface area contributed by atoms with Crippen LogP contribution >= 0.6 is 11.8 Å². The molecule has 4 nitrogen and oxygen atoms in total. The molecule has 0 spiro atoms. The third-order valence-electron chi connectivity index (χ3n) is 4.96. The Balaban J connectivity index is 1.95. The highest BCUT2D eigenvalue weighted by molar-refractivity contribution is 7.98. The first-order valence-electron chi connectivity index (χ1n) is 8.97. The lowest BCUT2D eigenvalue weighted by Crippen LogP contribution is -2.56. The summed E-state index contributed by atoms with van der Waals surface area (Å²) < 4.78 is 0. The quantitative estimate of drug-likeness (QED) is 0.641. The molecule has 0 bridgehead atoms. The third-order valence-corrected chi connectivity index (χ3v) is 6.07. The third kappa shape index (κ3) is 5.23. The molecule has 1 amide bonds. The first-order chi connectivity index (χ1) is 11.6. The van der Waals surface area contributed by atoms with Crippen molar-refractivity contribution in [2.45, 2.75) is 63.0 Å². The molecule has 1 aromatic carbocycles. The van der Waals surface area contributed by atoms with Crippen molar-refractivity contribution in [1.29, 1.82) is 0 Å². The maximum atomic E-state index is 12.5. The standard InChI is InChI=1S/C19H30N2O2S/c1-3-19(23,4-2)17(21-18(22)16-11-8-12-20-16)14-24-13-15-9-6-5-7-10-15/h5-7,9-10,16-17,20,23H,3-4,8,11-14H2,1-2H3,(H,21,22)/t16-,17-/m0/s1. The highest BCUT2D eigenvalue weighted by Crippen LogP contribution is 2.25. The van der Waals surface area contributed by atoms with E-state index in [-0.39, 0.29) is 18.0 Å². The number of carbonyl (C=O) groups is 1. The van der Waals surface area contributed by atoms with Gasteiger partial charge in [-0.25, -0.2) is 0 Å². The SMILES string of the molecule is CCC(O)(CC)[C@H](CSCc1ccccc1)NC(=O)[C@@H]1CCCN1. The van der Waals surface area contributed by atoms with Gasteiger partial charge in [0, 0.05) is 11.5 Å². The van der Waals surface area contributed by atoms with E-state index < -0.39 is 5.60 Å². The molecule has 0 saturated carbocycles. The minimum absolute atomic E-state index is 0.0261. The van der Waals surface area contributed by atoms with Gasteiger partial charge in [0.15, 0.2) is 0 Å². The Labute approximate surface area is 149 Å². The van der Waals surface area contributed by atoms with Crippen molar-refractivity contribution < 1.29 is 9.90 Å². The molecule has 134 valence electrons. The molecule has 0 aromatic heterocycles. The monoisotopic (exact) mass is 350 g/mol. The first-order valence-corrected chi connectivity index (χ1v) is 10.1. The fraction of sp³-hybridized carbons (Fsp3) is 0.632. The van der Waals surface area contributed by atoms with Crippen molar-refractivity contribution in [3.63, 3.8) is 0 Å². The summed E-state index contributed by atoms with van der Waals surface area (Å²) in [6.07, 6.45) is 3.20.